The van der Waals surface area contributed by atoms with Crippen LogP contribution in [-0.2, 0) is 12.6 Å². The van der Waals surface area contributed by atoms with E-state index in [4.69, 9.17) is 4.98 Å². The summed E-state index contributed by atoms with van der Waals surface area (Å²) in [4.78, 5) is 9.29. The number of halogens is 1. The van der Waals surface area contributed by atoms with Gasteiger partial charge in [-0.25, -0.2) is 14.1 Å². The minimum absolute atomic E-state index is 0.345. The molecule has 3 heterocycles. The Balaban J connectivity index is 1.85. The van der Waals surface area contributed by atoms with Crippen molar-refractivity contribution in [2.45, 2.75) is 26.3 Å². The first-order valence-corrected chi connectivity index (χ1v) is 10.4. The summed E-state index contributed by atoms with van der Waals surface area (Å²) in [7, 11) is 1.87. The normalized spacial score (nSPS) is 13.4. The molecule has 0 fully saturated rings. The number of aryl methyl sites for hydroxylation is 3. The van der Waals surface area contributed by atoms with E-state index >= 15 is 4.39 Å². The van der Waals surface area contributed by atoms with Gasteiger partial charge in [0, 0.05) is 18.8 Å². The van der Waals surface area contributed by atoms with Crippen molar-refractivity contribution in [1.82, 2.24) is 29.5 Å². The Labute approximate surface area is 185 Å². The van der Waals surface area contributed by atoms with Crippen LogP contribution in [0.5, 0.6) is 0 Å². The van der Waals surface area contributed by atoms with Crippen LogP contribution in [0.15, 0.2) is 66.9 Å². The molecule has 5 aromatic rings. The van der Waals surface area contributed by atoms with Gasteiger partial charge in [0.2, 0.25) is 0 Å². The summed E-state index contributed by atoms with van der Waals surface area (Å²) in [6.07, 6.45) is 1.63. The smallest absolute Gasteiger partial charge is 0.147 e. The van der Waals surface area contributed by atoms with Gasteiger partial charge in [-0.15, -0.1) is 5.10 Å². The van der Waals surface area contributed by atoms with E-state index in [1.807, 2.05) is 70.3 Å². The molecule has 1 unspecified atom stereocenters. The lowest BCUT2D eigenvalue weighted by atomic mass is 9.86. The molecule has 6 nitrogen and oxygen atoms in total. The number of imidazole rings is 1. The lowest BCUT2D eigenvalue weighted by molar-refractivity contribution is 0.433. The van der Waals surface area contributed by atoms with Crippen molar-refractivity contribution in [3.63, 3.8) is 0 Å². The Morgan fingerprint density at radius 2 is 1.75 bits per heavy atom. The minimum atomic E-state index is -0.913. The molecule has 160 valence electrons. The molecule has 0 bridgehead atoms. The number of benzene rings is 2. The standard InChI is InChI=1S/C25H23FN6/c1-16-23(31(4)30-29-16)18-12-13-21-22(15-18)32(17(2)28-21)25(3,19-9-6-5-7-10-19)24-20(26)11-8-14-27-24/h5-15H,1-4H3. The van der Waals surface area contributed by atoms with E-state index in [2.05, 4.69) is 25.9 Å². The van der Waals surface area contributed by atoms with Crippen molar-refractivity contribution in [3.8, 4) is 11.3 Å². The van der Waals surface area contributed by atoms with Crippen LogP contribution in [-0.4, -0.2) is 29.5 Å². The van der Waals surface area contributed by atoms with E-state index in [0.29, 0.717) is 5.69 Å². The van der Waals surface area contributed by atoms with Gasteiger partial charge in [-0.2, -0.15) is 0 Å². The third-order valence-electron chi connectivity index (χ3n) is 6.09. The maximum absolute atomic E-state index is 15.2. The van der Waals surface area contributed by atoms with Gasteiger partial charge >= 0.3 is 0 Å². The van der Waals surface area contributed by atoms with Crippen LogP contribution in [0.4, 0.5) is 4.39 Å². The molecule has 0 aliphatic heterocycles. The lowest BCUT2D eigenvalue weighted by Crippen LogP contribution is -2.35. The molecule has 5 rings (SSSR count). The number of fused-ring (bicyclic) bond motifs is 1. The lowest BCUT2D eigenvalue weighted by Gasteiger charge is -2.33. The zero-order valence-electron chi connectivity index (χ0n) is 18.4. The van der Waals surface area contributed by atoms with E-state index in [1.165, 1.54) is 6.07 Å². The molecule has 3 aromatic heterocycles. The molecular formula is C25H23FN6. The van der Waals surface area contributed by atoms with Gasteiger partial charge in [0.05, 0.1) is 22.4 Å². The first kappa shape index (κ1) is 20.1. The summed E-state index contributed by atoms with van der Waals surface area (Å²) in [5.74, 6) is 0.413. The Bertz CT molecular complexity index is 1420. The van der Waals surface area contributed by atoms with E-state index < -0.39 is 5.54 Å². The Hall–Kier alpha value is -3.87. The van der Waals surface area contributed by atoms with Crippen molar-refractivity contribution in [1.29, 1.82) is 0 Å². The number of hydrogen-bond acceptors (Lipinski definition) is 4. The Morgan fingerprint density at radius 3 is 2.44 bits per heavy atom. The highest BCUT2D eigenvalue weighted by atomic mass is 19.1. The van der Waals surface area contributed by atoms with Crippen molar-refractivity contribution in [3.05, 3.63) is 95.5 Å². The average molecular weight is 426 g/mol. The van der Waals surface area contributed by atoms with Crippen LogP contribution in [0.3, 0.4) is 0 Å². The fourth-order valence-electron chi connectivity index (χ4n) is 4.64. The molecule has 0 radical (unpaired) electrons. The summed E-state index contributed by atoms with van der Waals surface area (Å²) < 4.78 is 19.0. The molecular weight excluding hydrogens is 403 g/mol. The summed E-state index contributed by atoms with van der Waals surface area (Å²) in [5, 5.41) is 8.33. The predicted octanol–water partition coefficient (Wildman–Crippen LogP) is 4.79. The second kappa shape index (κ2) is 7.37. The maximum atomic E-state index is 15.2. The van der Waals surface area contributed by atoms with Crippen LogP contribution in [0, 0.1) is 19.7 Å². The molecule has 0 N–H and O–H groups in total. The highest BCUT2D eigenvalue weighted by molar-refractivity contribution is 5.83. The quantitative estimate of drug-likeness (QED) is 0.414. The molecule has 0 saturated carbocycles. The highest BCUT2D eigenvalue weighted by Gasteiger charge is 2.37. The Morgan fingerprint density at radius 1 is 0.969 bits per heavy atom. The largest absolute Gasteiger partial charge is 0.312 e. The summed E-state index contributed by atoms with van der Waals surface area (Å²) in [5.41, 5.74) is 4.82. The fraction of sp³-hybridized carbons (Fsp3) is 0.200. The van der Waals surface area contributed by atoms with Gasteiger partial charge in [0.25, 0.3) is 0 Å². The van der Waals surface area contributed by atoms with Crippen LogP contribution in [0.25, 0.3) is 22.3 Å². The van der Waals surface area contributed by atoms with E-state index in [1.54, 1.807) is 16.9 Å². The molecule has 1 atom stereocenters. The average Bonchev–Trinajstić information content (AvgIpc) is 3.31. The van der Waals surface area contributed by atoms with Gasteiger partial charge in [-0.1, -0.05) is 41.6 Å². The summed E-state index contributed by atoms with van der Waals surface area (Å²) >= 11 is 0. The van der Waals surface area contributed by atoms with E-state index in [0.717, 1.165) is 39.4 Å². The monoisotopic (exact) mass is 426 g/mol. The van der Waals surface area contributed by atoms with Crippen molar-refractivity contribution in [2.24, 2.45) is 7.05 Å². The predicted molar refractivity (Wildman–Crippen MR) is 122 cm³/mol. The number of aromatic nitrogens is 6. The molecule has 0 amide bonds. The van der Waals surface area contributed by atoms with E-state index in [-0.39, 0.29) is 5.82 Å². The SMILES string of the molecule is Cc1nnn(C)c1-c1ccc2nc(C)n(C(C)(c3ccccc3)c3ncccc3F)c2c1. The molecule has 7 heteroatoms. The zero-order chi connectivity index (χ0) is 22.5. The first-order chi connectivity index (χ1) is 15.4. The van der Waals surface area contributed by atoms with Crippen molar-refractivity contribution >= 4 is 11.0 Å². The van der Waals surface area contributed by atoms with Crippen LogP contribution in [0.2, 0.25) is 0 Å². The Kier molecular flexibility index (Phi) is 4.62. The third kappa shape index (κ3) is 2.92. The molecule has 0 saturated heterocycles. The second-order valence-corrected chi connectivity index (χ2v) is 8.12. The van der Waals surface area contributed by atoms with Crippen molar-refractivity contribution < 1.29 is 4.39 Å². The summed E-state index contributed by atoms with van der Waals surface area (Å²) in [6, 6.07) is 19.0. The zero-order valence-corrected chi connectivity index (χ0v) is 18.4. The van der Waals surface area contributed by atoms with Gasteiger partial charge < -0.3 is 4.57 Å². The molecule has 32 heavy (non-hydrogen) atoms. The number of rotatable bonds is 4. The first-order valence-electron chi connectivity index (χ1n) is 10.4. The van der Waals surface area contributed by atoms with Gasteiger partial charge in [-0.05, 0) is 50.6 Å². The molecule has 2 aromatic carbocycles. The van der Waals surface area contributed by atoms with Crippen LogP contribution in [0.1, 0.15) is 29.7 Å². The number of pyridine rings is 1. The van der Waals surface area contributed by atoms with Gasteiger partial charge in [-0.3, -0.25) is 4.98 Å². The number of nitrogens with zero attached hydrogens (tertiary/aromatic N) is 6. The highest BCUT2D eigenvalue weighted by Crippen LogP contribution is 2.38. The van der Waals surface area contributed by atoms with Crippen LogP contribution >= 0.6 is 0 Å². The van der Waals surface area contributed by atoms with Gasteiger partial charge in [0.15, 0.2) is 0 Å². The molecule has 0 spiro atoms. The van der Waals surface area contributed by atoms with Crippen molar-refractivity contribution in [2.75, 3.05) is 0 Å². The minimum Gasteiger partial charge on any atom is -0.312 e. The topological polar surface area (TPSA) is 61.4 Å². The molecule has 0 aliphatic rings. The fourth-order valence-corrected chi connectivity index (χ4v) is 4.64. The van der Waals surface area contributed by atoms with Crippen LogP contribution < -0.4 is 0 Å². The maximum Gasteiger partial charge on any atom is 0.147 e. The third-order valence-corrected chi connectivity index (χ3v) is 6.09. The number of hydrogen-bond donors (Lipinski definition) is 0. The molecule has 0 aliphatic carbocycles. The second-order valence-electron chi connectivity index (χ2n) is 8.12. The van der Waals surface area contributed by atoms with Gasteiger partial charge in [0.1, 0.15) is 22.9 Å². The van der Waals surface area contributed by atoms with E-state index in [9.17, 15) is 0 Å². The summed E-state index contributed by atoms with van der Waals surface area (Å²) in [6.45, 7) is 5.87.